The topological polar surface area (TPSA) is 64.3 Å². The predicted molar refractivity (Wildman–Crippen MR) is 153 cm³/mol. The van der Waals surface area contributed by atoms with Crippen LogP contribution >= 0.6 is 11.6 Å². The number of amides is 1. The first kappa shape index (κ1) is 26.1. The molecule has 1 aromatic heterocycles. The van der Waals surface area contributed by atoms with E-state index in [1.165, 1.54) is 5.56 Å². The smallest absolute Gasteiger partial charge is 0.226 e. The molecule has 0 spiro atoms. The van der Waals surface area contributed by atoms with Crippen molar-refractivity contribution in [2.75, 3.05) is 46.4 Å². The minimum Gasteiger partial charge on any atom is -0.388 e. The van der Waals surface area contributed by atoms with Crippen molar-refractivity contribution >= 4 is 23.7 Å². The van der Waals surface area contributed by atoms with Gasteiger partial charge in [-0.3, -0.25) is 4.79 Å². The summed E-state index contributed by atoms with van der Waals surface area (Å²) in [6.07, 6.45) is 6.10. The van der Waals surface area contributed by atoms with Crippen molar-refractivity contribution < 1.29 is 9.90 Å². The monoisotopic (exact) mass is 545 g/mol. The van der Waals surface area contributed by atoms with Crippen molar-refractivity contribution in [2.24, 2.45) is 10.9 Å². The highest BCUT2D eigenvalue weighted by Gasteiger charge is 2.40. The molecule has 39 heavy (non-hydrogen) atoms. The minimum absolute atomic E-state index is 0.00836. The molecule has 3 aromatic rings. The van der Waals surface area contributed by atoms with Gasteiger partial charge < -0.3 is 24.4 Å². The summed E-state index contributed by atoms with van der Waals surface area (Å²) in [5.41, 5.74) is 2.27. The number of carbonyl (C=O) groups is 1. The molecule has 0 aliphatic carbocycles. The Bertz CT molecular complexity index is 1450. The number of hydrogen-bond acceptors (Lipinski definition) is 5. The lowest BCUT2D eigenvalue weighted by Crippen LogP contribution is -2.54. The van der Waals surface area contributed by atoms with Gasteiger partial charge in [-0.05, 0) is 62.7 Å². The Morgan fingerprint density at radius 2 is 1.87 bits per heavy atom. The molecule has 0 radical (unpaired) electrons. The number of aliphatic hydroxyl groups is 1. The highest BCUT2D eigenvalue weighted by Crippen LogP contribution is 2.35. The zero-order valence-corrected chi connectivity index (χ0v) is 23.2. The Labute approximate surface area is 234 Å². The van der Waals surface area contributed by atoms with Gasteiger partial charge in [0.05, 0.1) is 5.60 Å². The lowest BCUT2D eigenvalue weighted by atomic mass is 9.79. The number of rotatable bonds is 5. The van der Waals surface area contributed by atoms with Gasteiger partial charge >= 0.3 is 0 Å². The van der Waals surface area contributed by atoms with Crippen LogP contribution in [0.25, 0.3) is 11.9 Å². The number of benzene rings is 2. The van der Waals surface area contributed by atoms with Gasteiger partial charge in [-0.1, -0.05) is 48.0 Å². The fourth-order valence-electron chi connectivity index (χ4n) is 6.40. The molecular weight excluding hydrogens is 510 g/mol. The van der Waals surface area contributed by atoms with Gasteiger partial charge in [0.1, 0.15) is 12.2 Å². The molecule has 3 aliphatic rings. The number of hydrogen-bond donors (Lipinski definition) is 1. The summed E-state index contributed by atoms with van der Waals surface area (Å²) >= 11 is 6.19. The van der Waals surface area contributed by atoms with E-state index < -0.39 is 5.60 Å². The predicted octanol–water partition coefficient (Wildman–Crippen LogP) is 2.85. The summed E-state index contributed by atoms with van der Waals surface area (Å²) in [4.78, 5) is 24.9. The third kappa shape index (κ3) is 5.49. The number of nitrogens with zero attached hydrogens (tertiary/aromatic N) is 5. The standard InChI is InChI=1S/C31H36ClN5O2/c1-34-14-11-27(28(20-34)23-6-3-2-4-7-23)30(38)36-16-12-31(39,13-17-36)21-35-19-24-10-15-37(29(24)33-22-35)26-9-5-8-25(32)18-26/h2-10,15,18-19,27-28,39H,11-14,16-17,20-22H2,1H3/t27-,28+/m1/s1. The molecule has 1 N–H and O–H groups in total. The highest BCUT2D eigenvalue weighted by atomic mass is 35.5. The van der Waals surface area contributed by atoms with Gasteiger partial charge in [-0.2, -0.15) is 0 Å². The molecule has 1 amide bonds. The Morgan fingerprint density at radius 1 is 1.08 bits per heavy atom. The van der Waals surface area contributed by atoms with Crippen molar-refractivity contribution in [1.29, 1.82) is 0 Å². The molecule has 2 aromatic carbocycles. The summed E-state index contributed by atoms with van der Waals surface area (Å²) in [5.74, 6) is 0.438. The van der Waals surface area contributed by atoms with E-state index in [2.05, 4.69) is 47.3 Å². The maximum Gasteiger partial charge on any atom is 0.226 e. The van der Waals surface area contributed by atoms with E-state index >= 15 is 0 Å². The number of piperidine rings is 2. The maximum atomic E-state index is 13.7. The van der Waals surface area contributed by atoms with E-state index in [0.29, 0.717) is 44.2 Å². The summed E-state index contributed by atoms with van der Waals surface area (Å²) in [7, 11) is 2.14. The first-order valence-corrected chi connectivity index (χ1v) is 14.2. The third-order valence-electron chi connectivity index (χ3n) is 8.56. The second-order valence-electron chi connectivity index (χ2n) is 11.3. The molecule has 2 atom stereocenters. The number of β-amino-alcohol motifs (C(OH)–C–C–N with tert-alkyl or cyclic N) is 1. The van der Waals surface area contributed by atoms with Crippen LogP contribution in [0.5, 0.6) is 0 Å². The van der Waals surface area contributed by atoms with E-state index in [1.54, 1.807) is 0 Å². The first-order chi connectivity index (χ1) is 18.9. The molecule has 0 unspecified atom stereocenters. The van der Waals surface area contributed by atoms with Crippen LogP contribution in [0.2, 0.25) is 5.02 Å². The first-order valence-electron chi connectivity index (χ1n) is 13.9. The van der Waals surface area contributed by atoms with Crippen LogP contribution in [-0.2, 0) is 4.79 Å². The quantitative estimate of drug-likeness (QED) is 0.535. The number of fused-ring (bicyclic) bond motifs is 1. The third-order valence-corrected chi connectivity index (χ3v) is 8.80. The molecule has 4 heterocycles. The van der Waals surface area contributed by atoms with E-state index in [4.69, 9.17) is 16.6 Å². The van der Waals surface area contributed by atoms with E-state index in [9.17, 15) is 9.90 Å². The van der Waals surface area contributed by atoms with E-state index in [-0.39, 0.29) is 17.7 Å². The fourth-order valence-corrected chi connectivity index (χ4v) is 6.58. The average molecular weight is 546 g/mol. The molecule has 2 fully saturated rings. The molecule has 0 saturated carbocycles. The van der Waals surface area contributed by atoms with Crippen LogP contribution in [0, 0.1) is 5.92 Å². The molecule has 8 heteroatoms. The number of likely N-dealkylation sites (tertiary alicyclic amines) is 2. The van der Waals surface area contributed by atoms with E-state index in [1.807, 2.05) is 52.1 Å². The van der Waals surface area contributed by atoms with Crippen molar-refractivity contribution in [3.05, 3.63) is 88.2 Å². The second-order valence-corrected chi connectivity index (χ2v) is 11.8. The van der Waals surface area contributed by atoms with Crippen LogP contribution in [0.1, 0.15) is 30.7 Å². The van der Waals surface area contributed by atoms with Crippen molar-refractivity contribution in [2.45, 2.75) is 30.8 Å². The Hall–Kier alpha value is -3.13. The van der Waals surface area contributed by atoms with Gasteiger partial charge in [0, 0.05) is 66.3 Å². The SMILES string of the molecule is CN1CC[C@@H](C(=O)N2CCC(O)(CN3C=c4ccn(-c5cccc(Cl)c5)c4=NC3)CC2)[C@H](c2ccccc2)C1. The Morgan fingerprint density at radius 3 is 2.64 bits per heavy atom. The fraction of sp³-hybridized carbons (Fsp3) is 0.419. The number of aromatic nitrogens is 1. The van der Waals surface area contributed by atoms with Gasteiger partial charge in [-0.15, -0.1) is 0 Å². The zero-order valence-electron chi connectivity index (χ0n) is 22.4. The van der Waals surface area contributed by atoms with Crippen LogP contribution in [0.3, 0.4) is 0 Å². The van der Waals surface area contributed by atoms with Crippen LogP contribution < -0.4 is 10.7 Å². The molecular formula is C31H36ClN5O2. The molecule has 3 aliphatic heterocycles. The van der Waals surface area contributed by atoms with Gasteiger partial charge in [0.2, 0.25) is 5.91 Å². The van der Waals surface area contributed by atoms with Crippen LogP contribution in [0.15, 0.2) is 71.9 Å². The molecule has 204 valence electrons. The maximum absolute atomic E-state index is 13.7. The summed E-state index contributed by atoms with van der Waals surface area (Å²) in [6.45, 7) is 3.99. The molecule has 2 saturated heterocycles. The molecule has 0 bridgehead atoms. The summed E-state index contributed by atoms with van der Waals surface area (Å²) < 4.78 is 2.04. The summed E-state index contributed by atoms with van der Waals surface area (Å²) in [5, 5.41) is 13.2. The lowest BCUT2D eigenvalue weighted by molar-refractivity contribution is -0.142. The van der Waals surface area contributed by atoms with Crippen molar-refractivity contribution in [3.63, 3.8) is 0 Å². The molecule has 7 nitrogen and oxygen atoms in total. The number of carbonyl (C=O) groups excluding carboxylic acids is 1. The zero-order chi connectivity index (χ0) is 27.0. The summed E-state index contributed by atoms with van der Waals surface area (Å²) in [6, 6.07) is 20.2. The van der Waals surface area contributed by atoms with Crippen LogP contribution in [0.4, 0.5) is 0 Å². The largest absolute Gasteiger partial charge is 0.388 e. The lowest BCUT2D eigenvalue weighted by Gasteiger charge is -2.43. The van der Waals surface area contributed by atoms with Gasteiger partial charge in [0.25, 0.3) is 0 Å². The Balaban J connectivity index is 1.10. The van der Waals surface area contributed by atoms with Crippen LogP contribution in [-0.4, -0.2) is 82.3 Å². The highest BCUT2D eigenvalue weighted by molar-refractivity contribution is 6.30. The second kappa shape index (κ2) is 10.8. The van der Waals surface area contributed by atoms with Crippen molar-refractivity contribution in [3.8, 4) is 5.69 Å². The normalized spacial score (nSPS) is 23.1. The minimum atomic E-state index is -0.846. The van der Waals surface area contributed by atoms with Gasteiger partial charge in [0.15, 0.2) is 0 Å². The van der Waals surface area contributed by atoms with Gasteiger partial charge in [-0.25, -0.2) is 4.99 Å². The number of likely N-dealkylation sites (N-methyl/N-ethyl adjacent to an activating group) is 1. The molecule has 6 rings (SSSR count). The van der Waals surface area contributed by atoms with E-state index in [0.717, 1.165) is 35.9 Å². The number of halogens is 1. The van der Waals surface area contributed by atoms with Crippen molar-refractivity contribution in [1.82, 2.24) is 19.3 Å². The average Bonchev–Trinajstić information content (AvgIpc) is 3.37. The Kier molecular flexibility index (Phi) is 7.23.